The summed E-state index contributed by atoms with van der Waals surface area (Å²) < 4.78 is 31.8. The molecule has 2 aromatic rings. The second-order valence-electron chi connectivity index (χ2n) is 5.59. The number of hydrogen-bond acceptors (Lipinski definition) is 5. The quantitative estimate of drug-likeness (QED) is 0.858. The van der Waals surface area contributed by atoms with Gasteiger partial charge in [-0.05, 0) is 25.0 Å². The van der Waals surface area contributed by atoms with E-state index < -0.39 is 10.0 Å². The number of anilines is 1. The average Bonchev–Trinajstić information content (AvgIpc) is 3.27. The first-order valence-corrected chi connectivity index (χ1v) is 8.74. The molecular formula is C14H17N3O3S. The standard InChI is InChI=1S/C14H17N3O3S/c18-21(19,11-5-6-11)17-9-7-16(8-10-17)14-15-12-3-1-2-4-13(12)20-14/h1-4,11H,5-10H2. The molecule has 0 amide bonds. The van der Waals surface area contributed by atoms with E-state index in [9.17, 15) is 8.42 Å². The Hall–Kier alpha value is -1.60. The third kappa shape index (κ3) is 2.30. The zero-order valence-corrected chi connectivity index (χ0v) is 12.4. The maximum atomic E-state index is 12.2. The number of benzene rings is 1. The minimum absolute atomic E-state index is 0.131. The first-order chi connectivity index (χ1) is 10.1. The third-order valence-electron chi connectivity index (χ3n) is 4.10. The van der Waals surface area contributed by atoms with Crippen LogP contribution < -0.4 is 4.90 Å². The van der Waals surface area contributed by atoms with Crippen molar-refractivity contribution in [3.05, 3.63) is 24.3 Å². The highest BCUT2D eigenvalue weighted by atomic mass is 32.2. The Morgan fingerprint density at radius 1 is 1.10 bits per heavy atom. The minimum atomic E-state index is -3.06. The van der Waals surface area contributed by atoms with Gasteiger partial charge in [0.1, 0.15) is 5.52 Å². The number of hydrogen-bond donors (Lipinski definition) is 0. The second-order valence-corrected chi connectivity index (χ2v) is 7.81. The Balaban J connectivity index is 1.49. The second kappa shape index (κ2) is 4.71. The van der Waals surface area contributed by atoms with E-state index in [1.54, 1.807) is 4.31 Å². The first kappa shape index (κ1) is 13.1. The van der Waals surface area contributed by atoms with Gasteiger partial charge in [0, 0.05) is 26.2 Å². The summed E-state index contributed by atoms with van der Waals surface area (Å²) in [6.45, 7) is 2.27. The van der Waals surface area contributed by atoms with Gasteiger partial charge in [0.25, 0.3) is 6.01 Å². The van der Waals surface area contributed by atoms with Crippen LogP contribution in [0.3, 0.4) is 0 Å². The number of rotatable bonds is 3. The molecule has 0 unspecified atom stereocenters. The first-order valence-electron chi connectivity index (χ1n) is 7.24. The van der Waals surface area contributed by atoms with Crippen LogP contribution in [0.2, 0.25) is 0 Å². The van der Waals surface area contributed by atoms with Crippen LogP contribution in [-0.4, -0.2) is 49.1 Å². The monoisotopic (exact) mass is 307 g/mol. The van der Waals surface area contributed by atoms with Crippen molar-refractivity contribution in [3.8, 4) is 0 Å². The smallest absolute Gasteiger partial charge is 0.298 e. The van der Waals surface area contributed by atoms with Crippen molar-refractivity contribution in [2.75, 3.05) is 31.1 Å². The van der Waals surface area contributed by atoms with Crippen molar-refractivity contribution >= 4 is 27.1 Å². The van der Waals surface area contributed by atoms with Gasteiger partial charge in [-0.3, -0.25) is 0 Å². The predicted molar refractivity (Wildman–Crippen MR) is 79.7 cm³/mol. The molecule has 1 aromatic heterocycles. The molecule has 2 heterocycles. The summed E-state index contributed by atoms with van der Waals surface area (Å²) in [6.07, 6.45) is 1.63. The normalized spacial score (nSPS) is 21.0. The topological polar surface area (TPSA) is 66.7 Å². The van der Waals surface area contributed by atoms with Crippen LogP contribution in [0.25, 0.3) is 11.1 Å². The molecule has 1 aliphatic heterocycles. The molecule has 1 saturated heterocycles. The summed E-state index contributed by atoms with van der Waals surface area (Å²) in [5, 5.41) is -0.131. The number of nitrogens with zero attached hydrogens (tertiary/aromatic N) is 3. The van der Waals surface area contributed by atoms with Crippen LogP contribution in [0.4, 0.5) is 6.01 Å². The molecule has 2 aliphatic rings. The Kier molecular flexibility index (Phi) is 2.93. The van der Waals surface area contributed by atoms with Crippen LogP contribution in [0.1, 0.15) is 12.8 Å². The number of aromatic nitrogens is 1. The Bertz CT molecular complexity index is 726. The lowest BCUT2D eigenvalue weighted by molar-refractivity contribution is 0.373. The van der Waals surface area contributed by atoms with Crippen LogP contribution in [0, 0.1) is 0 Å². The van der Waals surface area contributed by atoms with Crippen molar-refractivity contribution in [1.82, 2.24) is 9.29 Å². The molecule has 112 valence electrons. The number of piperazine rings is 1. The lowest BCUT2D eigenvalue weighted by atomic mass is 10.3. The number of sulfonamides is 1. The van der Waals surface area contributed by atoms with E-state index in [0.717, 1.165) is 23.9 Å². The summed E-state index contributed by atoms with van der Waals surface area (Å²) in [7, 11) is -3.06. The Morgan fingerprint density at radius 2 is 1.81 bits per heavy atom. The van der Waals surface area contributed by atoms with Gasteiger partial charge in [0.15, 0.2) is 5.58 Å². The summed E-state index contributed by atoms with van der Waals surface area (Å²) in [5.74, 6) is 0. The van der Waals surface area contributed by atoms with Crippen molar-refractivity contribution in [3.63, 3.8) is 0 Å². The van der Waals surface area contributed by atoms with Gasteiger partial charge in [-0.15, -0.1) is 0 Å². The fourth-order valence-electron chi connectivity index (χ4n) is 2.71. The van der Waals surface area contributed by atoms with Crippen molar-refractivity contribution in [2.24, 2.45) is 0 Å². The number of fused-ring (bicyclic) bond motifs is 1. The summed E-state index contributed by atoms with van der Waals surface area (Å²) in [5.41, 5.74) is 1.60. The van der Waals surface area contributed by atoms with E-state index in [0.29, 0.717) is 32.2 Å². The van der Waals surface area contributed by atoms with Gasteiger partial charge in [0.2, 0.25) is 10.0 Å². The highest BCUT2D eigenvalue weighted by Gasteiger charge is 2.41. The molecule has 4 rings (SSSR count). The average molecular weight is 307 g/mol. The van der Waals surface area contributed by atoms with Gasteiger partial charge in [-0.1, -0.05) is 12.1 Å². The van der Waals surface area contributed by atoms with E-state index in [2.05, 4.69) is 4.98 Å². The van der Waals surface area contributed by atoms with Crippen LogP contribution in [0.15, 0.2) is 28.7 Å². The highest BCUT2D eigenvalue weighted by molar-refractivity contribution is 7.90. The molecule has 21 heavy (non-hydrogen) atoms. The summed E-state index contributed by atoms with van der Waals surface area (Å²) in [4.78, 5) is 6.48. The molecule has 2 fully saturated rings. The number of para-hydroxylation sites is 2. The molecule has 1 saturated carbocycles. The molecule has 6 nitrogen and oxygen atoms in total. The molecule has 0 spiro atoms. The number of oxazole rings is 1. The maximum absolute atomic E-state index is 12.2. The van der Waals surface area contributed by atoms with Gasteiger partial charge in [0.05, 0.1) is 5.25 Å². The lowest BCUT2D eigenvalue weighted by Gasteiger charge is -2.33. The lowest BCUT2D eigenvalue weighted by Crippen LogP contribution is -2.49. The molecule has 0 N–H and O–H groups in total. The van der Waals surface area contributed by atoms with E-state index in [4.69, 9.17) is 4.42 Å². The Morgan fingerprint density at radius 3 is 2.48 bits per heavy atom. The van der Waals surface area contributed by atoms with Crippen LogP contribution in [0.5, 0.6) is 0 Å². The van der Waals surface area contributed by atoms with Gasteiger partial charge in [-0.2, -0.15) is 9.29 Å². The molecule has 1 aromatic carbocycles. The molecular weight excluding hydrogens is 290 g/mol. The molecule has 7 heteroatoms. The van der Waals surface area contributed by atoms with E-state index >= 15 is 0 Å². The van der Waals surface area contributed by atoms with Crippen LogP contribution >= 0.6 is 0 Å². The van der Waals surface area contributed by atoms with Crippen molar-refractivity contribution < 1.29 is 12.8 Å². The fraction of sp³-hybridized carbons (Fsp3) is 0.500. The predicted octanol–water partition coefficient (Wildman–Crippen LogP) is 1.44. The minimum Gasteiger partial charge on any atom is -0.423 e. The van der Waals surface area contributed by atoms with E-state index in [1.807, 2.05) is 29.2 Å². The van der Waals surface area contributed by atoms with E-state index in [1.165, 1.54) is 0 Å². The largest absolute Gasteiger partial charge is 0.423 e. The van der Waals surface area contributed by atoms with Gasteiger partial charge >= 0.3 is 0 Å². The maximum Gasteiger partial charge on any atom is 0.298 e. The SMILES string of the molecule is O=S(=O)(C1CC1)N1CCN(c2nc3ccccc3o2)CC1. The molecule has 0 bridgehead atoms. The molecule has 0 radical (unpaired) electrons. The summed E-state index contributed by atoms with van der Waals surface area (Å²) >= 11 is 0. The highest BCUT2D eigenvalue weighted by Crippen LogP contribution is 2.32. The molecule has 0 atom stereocenters. The van der Waals surface area contributed by atoms with Crippen LogP contribution in [-0.2, 0) is 10.0 Å². The summed E-state index contributed by atoms with van der Waals surface area (Å²) in [6, 6.07) is 8.22. The van der Waals surface area contributed by atoms with E-state index in [-0.39, 0.29) is 5.25 Å². The fourth-order valence-corrected chi connectivity index (χ4v) is 4.53. The van der Waals surface area contributed by atoms with Gasteiger partial charge < -0.3 is 9.32 Å². The van der Waals surface area contributed by atoms with Gasteiger partial charge in [-0.25, -0.2) is 8.42 Å². The molecule has 1 aliphatic carbocycles. The van der Waals surface area contributed by atoms with Crippen molar-refractivity contribution in [1.29, 1.82) is 0 Å². The zero-order chi connectivity index (χ0) is 14.4. The van der Waals surface area contributed by atoms with Crippen molar-refractivity contribution in [2.45, 2.75) is 18.1 Å². The third-order valence-corrected chi connectivity index (χ3v) is 6.50. The zero-order valence-electron chi connectivity index (χ0n) is 11.6. The Labute approximate surface area is 123 Å².